The summed E-state index contributed by atoms with van der Waals surface area (Å²) in [6, 6.07) is 8.80. The van der Waals surface area contributed by atoms with E-state index in [1.165, 1.54) is 54.5 Å². The zero-order valence-corrected chi connectivity index (χ0v) is 18.9. The van der Waals surface area contributed by atoms with Crippen LogP contribution in [0.25, 0.3) is 5.76 Å². The van der Waals surface area contributed by atoms with Gasteiger partial charge in [0.1, 0.15) is 23.1 Å². The second-order valence-corrected chi connectivity index (χ2v) is 8.23. The van der Waals surface area contributed by atoms with E-state index in [1.807, 2.05) is 0 Å². The maximum atomic E-state index is 13.6. The lowest BCUT2D eigenvalue weighted by Crippen LogP contribution is -2.38. The van der Waals surface area contributed by atoms with E-state index in [0.717, 1.165) is 19.6 Å². The number of benzene rings is 2. The van der Waals surface area contributed by atoms with Crippen molar-refractivity contribution >= 4 is 17.4 Å². The maximum absolute atomic E-state index is 13.6. The van der Waals surface area contributed by atoms with Gasteiger partial charge in [-0.05, 0) is 36.2 Å². The van der Waals surface area contributed by atoms with Crippen molar-refractivity contribution in [1.29, 1.82) is 0 Å². The van der Waals surface area contributed by atoms with Crippen LogP contribution in [0.2, 0.25) is 0 Å². The Kier molecular flexibility index (Phi) is 7.14. The Morgan fingerprint density at radius 1 is 1.12 bits per heavy atom. The standard InChI is InChI=1S/C25H27FN2O6/c1-33-18-7-8-19(20(29)15-18)23(30)21-22(16-3-5-17(26)6-4-16)28(25(32)24(21)31)10-2-9-27-11-13-34-14-12-27/h3-8,15,22,29-30H,2,9-14H2,1H3/t22-/m0/s1. The van der Waals surface area contributed by atoms with Gasteiger partial charge in [-0.1, -0.05) is 12.1 Å². The van der Waals surface area contributed by atoms with Crippen LogP contribution >= 0.6 is 0 Å². The lowest BCUT2D eigenvalue weighted by atomic mass is 9.95. The zero-order chi connectivity index (χ0) is 24.2. The fourth-order valence-electron chi connectivity index (χ4n) is 4.38. The second kappa shape index (κ2) is 10.2. The van der Waals surface area contributed by atoms with Gasteiger partial charge in [-0.25, -0.2) is 4.39 Å². The highest BCUT2D eigenvalue weighted by atomic mass is 19.1. The summed E-state index contributed by atoms with van der Waals surface area (Å²) in [6.45, 7) is 3.92. The van der Waals surface area contributed by atoms with Gasteiger partial charge in [-0.3, -0.25) is 14.5 Å². The molecule has 2 heterocycles. The van der Waals surface area contributed by atoms with E-state index >= 15 is 0 Å². The van der Waals surface area contributed by atoms with E-state index in [-0.39, 0.29) is 23.4 Å². The number of nitrogens with zero attached hydrogens (tertiary/aromatic N) is 2. The summed E-state index contributed by atoms with van der Waals surface area (Å²) in [6.07, 6.45) is 0.610. The molecule has 2 aliphatic heterocycles. The number of aliphatic hydroxyl groups is 1. The number of morpholine rings is 1. The Balaban J connectivity index is 1.69. The van der Waals surface area contributed by atoms with Gasteiger partial charge >= 0.3 is 0 Å². The van der Waals surface area contributed by atoms with Crippen LogP contribution < -0.4 is 4.74 Å². The van der Waals surface area contributed by atoms with Crippen LogP contribution in [0.5, 0.6) is 11.5 Å². The van der Waals surface area contributed by atoms with Crippen molar-refractivity contribution in [3.8, 4) is 11.5 Å². The molecule has 2 N–H and O–H groups in total. The number of hydrogen-bond donors (Lipinski definition) is 2. The number of aliphatic hydroxyl groups excluding tert-OH is 1. The minimum atomic E-state index is -0.910. The summed E-state index contributed by atoms with van der Waals surface area (Å²) in [4.78, 5) is 29.7. The van der Waals surface area contributed by atoms with E-state index in [4.69, 9.17) is 9.47 Å². The molecule has 0 aromatic heterocycles. The molecular weight excluding hydrogens is 443 g/mol. The van der Waals surface area contributed by atoms with Gasteiger partial charge in [0.25, 0.3) is 11.7 Å². The number of ketones is 1. The number of phenolic OH excluding ortho intramolecular Hbond substituents is 1. The number of methoxy groups -OCH3 is 1. The molecule has 0 aliphatic carbocycles. The van der Waals surface area contributed by atoms with Crippen LogP contribution in [-0.4, -0.2) is 78.2 Å². The molecule has 8 nitrogen and oxygen atoms in total. The van der Waals surface area contributed by atoms with Gasteiger partial charge < -0.3 is 24.6 Å². The summed E-state index contributed by atoms with van der Waals surface area (Å²) >= 11 is 0. The molecule has 2 aromatic rings. The predicted molar refractivity (Wildman–Crippen MR) is 122 cm³/mol. The van der Waals surface area contributed by atoms with Crippen LogP contribution in [0.1, 0.15) is 23.6 Å². The number of likely N-dealkylation sites (tertiary alicyclic amines) is 1. The molecule has 0 bridgehead atoms. The number of carbonyl (C=O) groups excluding carboxylic acids is 2. The topological polar surface area (TPSA) is 99.5 Å². The molecule has 2 aliphatic rings. The van der Waals surface area contributed by atoms with Crippen molar-refractivity contribution < 1.29 is 33.7 Å². The fourth-order valence-corrected chi connectivity index (χ4v) is 4.38. The third-order valence-electron chi connectivity index (χ3n) is 6.16. The van der Waals surface area contributed by atoms with Crippen molar-refractivity contribution in [2.45, 2.75) is 12.5 Å². The van der Waals surface area contributed by atoms with Gasteiger partial charge in [0.15, 0.2) is 0 Å². The third-order valence-corrected chi connectivity index (χ3v) is 6.16. The third kappa shape index (κ3) is 4.76. The van der Waals surface area contributed by atoms with Crippen molar-refractivity contribution in [2.24, 2.45) is 0 Å². The average Bonchev–Trinajstić information content (AvgIpc) is 3.09. The molecule has 180 valence electrons. The number of aromatic hydroxyl groups is 1. The van der Waals surface area contributed by atoms with E-state index in [2.05, 4.69) is 4.90 Å². The number of hydrogen-bond acceptors (Lipinski definition) is 7. The molecule has 1 amide bonds. The molecule has 0 spiro atoms. The average molecular weight is 470 g/mol. The quantitative estimate of drug-likeness (QED) is 0.365. The monoisotopic (exact) mass is 470 g/mol. The highest BCUT2D eigenvalue weighted by Gasteiger charge is 2.46. The first-order valence-electron chi connectivity index (χ1n) is 11.1. The van der Waals surface area contributed by atoms with Gasteiger partial charge in [0, 0.05) is 32.2 Å². The molecule has 2 saturated heterocycles. The van der Waals surface area contributed by atoms with Crippen LogP contribution in [0.3, 0.4) is 0 Å². The number of carbonyl (C=O) groups is 2. The fraction of sp³-hybridized carbons (Fsp3) is 0.360. The lowest BCUT2D eigenvalue weighted by Gasteiger charge is -2.29. The maximum Gasteiger partial charge on any atom is 0.295 e. The van der Waals surface area contributed by atoms with E-state index in [9.17, 15) is 24.2 Å². The van der Waals surface area contributed by atoms with Gasteiger partial charge in [-0.2, -0.15) is 0 Å². The first-order valence-corrected chi connectivity index (χ1v) is 11.1. The number of halogens is 1. The molecule has 1 atom stereocenters. The summed E-state index contributed by atoms with van der Waals surface area (Å²) < 4.78 is 24.0. The number of rotatable bonds is 7. The van der Waals surface area contributed by atoms with Gasteiger partial charge in [-0.15, -0.1) is 0 Å². The molecule has 0 unspecified atom stereocenters. The molecule has 9 heteroatoms. The first kappa shape index (κ1) is 23.7. The Morgan fingerprint density at radius 2 is 1.82 bits per heavy atom. The SMILES string of the molecule is COc1ccc(C(O)=C2C(=O)C(=O)N(CCCN3CCOCC3)[C@H]2c2ccc(F)cc2)c(O)c1. The molecule has 0 radical (unpaired) electrons. The highest BCUT2D eigenvalue weighted by Crippen LogP contribution is 2.41. The normalized spacial score (nSPS) is 20.6. The number of phenols is 1. The Morgan fingerprint density at radius 3 is 2.47 bits per heavy atom. The largest absolute Gasteiger partial charge is 0.507 e. The van der Waals surface area contributed by atoms with Crippen molar-refractivity contribution in [3.63, 3.8) is 0 Å². The number of Topliss-reactive ketones (excluding diaryl/α,β-unsaturated/α-hetero) is 1. The zero-order valence-electron chi connectivity index (χ0n) is 18.9. The van der Waals surface area contributed by atoms with Crippen LogP contribution in [0.15, 0.2) is 48.0 Å². The lowest BCUT2D eigenvalue weighted by molar-refractivity contribution is -0.140. The molecule has 4 rings (SSSR count). The van der Waals surface area contributed by atoms with E-state index < -0.39 is 29.3 Å². The Labute approximate surface area is 196 Å². The minimum Gasteiger partial charge on any atom is -0.507 e. The first-order chi connectivity index (χ1) is 16.4. The molecule has 0 saturated carbocycles. The van der Waals surface area contributed by atoms with Crippen molar-refractivity contribution in [1.82, 2.24) is 9.80 Å². The van der Waals surface area contributed by atoms with Gasteiger partial charge in [0.05, 0.1) is 37.5 Å². The molecule has 34 heavy (non-hydrogen) atoms. The molecule has 2 fully saturated rings. The van der Waals surface area contributed by atoms with E-state index in [1.54, 1.807) is 0 Å². The summed E-state index contributed by atoms with van der Waals surface area (Å²) in [5, 5.41) is 21.5. The molecule has 2 aromatic carbocycles. The van der Waals surface area contributed by atoms with Crippen molar-refractivity contribution in [3.05, 3.63) is 65.0 Å². The van der Waals surface area contributed by atoms with Crippen LogP contribution in [-0.2, 0) is 14.3 Å². The summed E-state index contributed by atoms with van der Waals surface area (Å²) in [7, 11) is 1.44. The predicted octanol–water partition coefficient (Wildman–Crippen LogP) is 2.68. The summed E-state index contributed by atoms with van der Waals surface area (Å²) in [5.41, 5.74) is 0.337. The Hall–Kier alpha value is -3.43. The van der Waals surface area contributed by atoms with Gasteiger partial charge in [0.2, 0.25) is 0 Å². The Bertz CT molecular complexity index is 1100. The number of amides is 1. The smallest absolute Gasteiger partial charge is 0.295 e. The minimum absolute atomic E-state index is 0.000714. The summed E-state index contributed by atoms with van der Waals surface area (Å²) in [5.74, 6) is -2.48. The van der Waals surface area contributed by atoms with E-state index in [0.29, 0.717) is 30.9 Å². The van der Waals surface area contributed by atoms with Crippen LogP contribution in [0.4, 0.5) is 4.39 Å². The van der Waals surface area contributed by atoms with Crippen molar-refractivity contribution in [2.75, 3.05) is 46.5 Å². The number of ether oxygens (including phenoxy) is 2. The second-order valence-electron chi connectivity index (χ2n) is 8.23. The highest BCUT2D eigenvalue weighted by molar-refractivity contribution is 6.46. The van der Waals surface area contributed by atoms with Crippen LogP contribution in [0, 0.1) is 5.82 Å². The molecular formula is C25H27FN2O6.